The first-order valence-electron chi connectivity index (χ1n) is 7.40. The predicted molar refractivity (Wildman–Crippen MR) is 81.1 cm³/mol. The molecule has 7 heteroatoms. The molecule has 0 rings (SSSR count). The number of amides is 3. The van der Waals surface area contributed by atoms with E-state index in [1.807, 2.05) is 20.8 Å². The Morgan fingerprint density at radius 3 is 2.14 bits per heavy atom. The van der Waals surface area contributed by atoms with Gasteiger partial charge in [0, 0.05) is 6.42 Å². The zero-order chi connectivity index (χ0) is 16.4. The molecule has 3 amide bonds. The molecule has 0 aliphatic carbocycles. The van der Waals surface area contributed by atoms with Crippen LogP contribution < -0.4 is 22.1 Å². The van der Waals surface area contributed by atoms with Gasteiger partial charge in [-0.2, -0.15) is 0 Å². The fourth-order valence-electron chi connectivity index (χ4n) is 1.92. The lowest BCUT2D eigenvalue weighted by Crippen LogP contribution is -2.53. The molecule has 0 heterocycles. The Labute approximate surface area is 126 Å². The van der Waals surface area contributed by atoms with Crippen LogP contribution in [0.2, 0.25) is 0 Å². The molecule has 7 nitrogen and oxygen atoms in total. The van der Waals surface area contributed by atoms with E-state index in [-0.39, 0.29) is 18.4 Å². The van der Waals surface area contributed by atoms with Crippen molar-refractivity contribution in [2.75, 3.05) is 6.54 Å². The second-order valence-corrected chi connectivity index (χ2v) is 5.54. The van der Waals surface area contributed by atoms with E-state index < -0.39 is 23.9 Å². The fraction of sp³-hybridized carbons (Fsp3) is 0.786. The van der Waals surface area contributed by atoms with Crippen molar-refractivity contribution in [2.24, 2.45) is 17.4 Å². The first-order chi connectivity index (χ1) is 9.81. The molecule has 0 aliphatic rings. The number of carbonyl (C=O) groups is 3. The number of nitrogens with one attached hydrogen (secondary N) is 2. The van der Waals surface area contributed by atoms with Gasteiger partial charge in [-0.3, -0.25) is 14.4 Å². The van der Waals surface area contributed by atoms with Crippen molar-refractivity contribution in [3.8, 4) is 0 Å². The molecule has 0 aliphatic heterocycles. The van der Waals surface area contributed by atoms with E-state index in [1.165, 1.54) is 0 Å². The molecule has 0 aromatic carbocycles. The molecular formula is C14H28N4O3. The van der Waals surface area contributed by atoms with Crippen molar-refractivity contribution in [1.82, 2.24) is 10.6 Å². The van der Waals surface area contributed by atoms with Crippen LogP contribution in [0, 0.1) is 5.92 Å². The van der Waals surface area contributed by atoms with E-state index in [0.717, 1.165) is 0 Å². The second kappa shape index (κ2) is 10.1. The lowest BCUT2D eigenvalue weighted by atomic mass is 10.0. The van der Waals surface area contributed by atoms with Gasteiger partial charge >= 0.3 is 0 Å². The van der Waals surface area contributed by atoms with Crippen molar-refractivity contribution in [2.45, 2.75) is 58.5 Å². The normalized spacial score (nSPS) is 13.6. The van der Waals surface area contributed by atoms with E-state index in [1.54, 1.807) is 0 Å². The Balaban J connectivity index is 4.70. The molecule has 6 N–H and O–H groups in total. The topological polar surface area (TPSA) is 127 Å². The summed E-state index contributed by atoms with van der Waals surface area (Å²) in [6.07, 6.45) is 1.81. The molecular weight excluding hydrogens is 272 g/mol. The maximum absolute atomic E-state index is 12.2. The van der Waals surface area contributed by atoms with E-state index in [9.17, 15) is 14.4 Å². The lowest BCUT2D eigenvalue weighted by molar-refractivity contribution is -0.131. The van der Waals surface area contributed by atoms with Crippen LogP contribution in [-0.4, -0.2) is 36.3 Å². The first-order valence-corrected chi connectivity index (χ1v) is 7.40. The monoisotopic (exact) mass is 300 g/mol. The van der Waals surface area contributed by atoms with E-state index >= 15 is 0 Å². The smallest absolute Gasteiger partial charge is 0.243 e. The Hall–Kier alpha value is -1.63. The van der Waals surface area contributed by atoms with Crippen LogP contribution in [0.1, 0.15) is 46.5 Å². The predicted octanol–water partition coefficient (Wildman–Crippen LogP) is -0.364. The van der Waals surface area contributed by atoms with Crippen LogP contribution in [0.25, 0.3) is 0 Å². The van der Waals surface area contributed by atoms with E-state index in [0.29, 0.717) is 25.7 Å². The highest BCUT2D eigenvalue weighted by molar-refractivity contribution is 5.91. The first kappa shape index (κ1) is 19.4. The highest BCUT2D eigenvalue weighted by Gasteiger charge is 2.25. The number of carbonyl (C=O) groups excluding carboxylic acids is 3. The minimum atomic E-state index is -0.735. The lowest BCUT2D eigenvalue weighted by Gasteiger charge is -2.22. The van der Waals surface area contributed by atoms with E-state index in [4.69, 9.17) is 11.5 Å². The van der Waals surface area contributed by atoms with Gasteiger partial charge in [-0.05, 0) is 31.7 Å². The van der Waals surface area contributed by atoms with Gasteiger partial charge in [0.25, 0.3) is 0 Å². The molecule has 21 heavy (non-hydrogen) atoms. The maximum atomic E-state index is 12.2. The molecule has 122 valence electrons. The Morgan fingerprint density at radius 1 is 1.10 bits per heavy atom. The summed E-state index contributed by atoms with van der Waals surface area (Å²) in [6, 6.07) is -1.47. The number of primary amides is 1. The third-order valence-electron chi connectivity index (χ3n) is 2.95. The zero-order valence-corrected chi connectivity index (χ0v) is 13.1. The van der Waals surface area contributed by atoms with Crippen molar-refractivity contribution < 1.29 is 14.4 Å². The van der Waals surface area contributed by atoms with Crippen molar-refractivity contribution in [3.63, 3.8) is 0 Å². The second-order valence-electron chi connectivity index (χ2n) is 5.54. The largest absolute Gasteiger partial charge is 0.368 e. The molecule has 0 unspecified atom stereocenters. The average molecular weight is 300 g/mol. The summed E-state index contributed by atoms with van der Waals surface area (Å²) >= 11 is 0. The third-order valence-corrected chi connectivity index (χ3v) is 2.95. The summed E-state index contributed by atoms with van der Waals surface area (Å²) < 4.78 is 0. The Bertz CT molecular complexity index is 358. The third kappa shape index (κ3) is 8.29. The number of nitrogens with two attached hydrogens (primary N) is 2. The summed E-state index contributed by atoms with van der Waals surface area (Å²) in [7, 11) is 0. The van der Waals surface area contributed by atoms with Gasteiger partial charge in [0.05, 0.1) is 0 Å². The Kier molecular flexibility index (Phi) is 9.36. The number of rotatable bonds is 10. The molecule has 0 aromatic rings. The zero-order valence-electron chi connectivity index (χ0n) is 13.1. The van der Waals surface area contributed by atoms with Gasteiger partial charge in [-0.25, -0.2) is 0 Å². The summed E-state index contributed by atoms with van der Waals surface area (Å²) in [6.45, 7) is 6.00. The summed E-state index contributed by atoms with van der Waals surface area (Å²) in [4.78, 5) is 35.2. The van der Waals surface area contributed by atoms with Crippen molar-refractivity contribution >= 4 is 17.7 Å². The minimum Gasteiger partial charge on any atom is -0.368 e. The highest BCUT2D eigenvalue weighted by atomic mass is 16.2. The van der Waals surface area contributed by atoms with Crippen LogP contribution in [0.5, 0.6) is 0 Å². The standard InChI is InChI=1S/C14H28N4O3/c1-4-5-12(19)17-10(6-7-15)14(21)18-11(13(16)20)8-9(2)3/h9-11H,4-8,15H2,1-3H3,(H2,16,20)(H,17,19)(H,18,21)/t10-,11-/m0/s1. The summed E-state index contributed by atoms with van der Waals surface area (Å²) in [5.41, 5.74) is 10.8. The minimum absolute atomic E-state index is 0.203. The molecule has 0 saturated carbocycles. The van der Waals surface area contributed by atoms with Gasteiger partial charge < -0.3 is 22.1 Å². The maximum Gasteiger partial charge on any atom is 0.243 e. The van der Waals surface area contributed by atoms with Gasteiger partial charge in [0.15, 0.2) is 0 Å². The fourth-order valence-corrected chi connectivity index (χ4v) is 1.92. The van der Waals surface area contributed by atoms with Gasteiger partial charge in [-0.1, -0.05) is 20.8 Å². The van der Waals surface area contributed by atoms with Crippen LogP contribution in [-0.2, 0) is 14.4 Å². The molecule has 0 radical (unpaired) electrons. The van der Waals surface area contributed by atoms with Crippen LogP contribution in [0.3, 0.4) is 0 Å². The number of hydrogen-bond donors (Lipinski definition) is 4. The van der Waals surface area contributed by atoms with E-state index in [2.05, 4.69) is 10.6 Å². The molecule has 0 aromatic heterocycles. The molecule has 0 spiro atoms. The van der Waals surface area contributed by atoms with Gasteiger partial charge in [0.2, 0.25) is 17.7 Å². The molecule has 2 atom stereocenters. The molecule has 0 fully saturated rings. The molecule has 0 bridgehead atoms. The quantitative estimate of drug-likeness (QED) is 0.439. The average Bonchev–Trinajstić information content (AvgIpc) is 2.36. The van der Waals surface area contributed by atoms with Crippen LogP contribution in [0.4, 0.5) is 0 Å². The summed E-state index contributed by atoms with van der Waals surface area (Å²) in [5.74, 6) is -0.992. The molecule has 0 saturated heterocycles. The van der Waals surface area contributed by atoms with Gasteiger partial charge in [-0.15, -0.1) is 0 Å². The van der Waals surface area contributed by atoms with Gasteiger partial charge in [0.1, 0.15) is 12.1 Å². The van der Waals surface area contributed by atoms with Crippen LogP contribution in [0.15, 0.2) is 0 Å². The van der Waals surface area contributed by atoms with Crippen molar-refractivity contribution in [3.05, 3.63) is 0 Å². The van der Waals surface area contributed by atoms with Crippen molar-refractivity contribution in [1.29, 1.82) is 0 Å². The van der Waals surface area contributed by atoms with Crippen LogP contribution >= 0.6 is 0 Å². The SMILES string of the molecule is CCCC(=O)N[C@@H](CCN)C(=O)N[C@@H](CC(C)C)C(N)=O. The highest BCUT2D eigenvalue weighted by Crippen LogP contribution is 2.05. The number of hydrogen-bond acceptors (Lipinski definition) is 4. The Morgan fingerprint density at radius 2 is 1.71 bits per heavy atom. The summed E-state index contributed by atoms with van der Waals surface area (Å²) in [5, 5.41) is 5.23.